The second kappa shape index (κ2) is 9.87. The Morgan fingerprint density at radius 1 is 1.18 bits per heavy atom. The Morgan fingerprint density at radius 2 is 1.88 bits per heavy atom. The van der Waals surface area contributed by atoms with E-state index in [-0.39, 0.29) is 29.0 Å². The first kappa shape index (κ1) is 23.8. The van der Waals surface area contributed by atoms with Gasteiger partial charge in [-0.15, -0.1) is 5.10 Å². The zero-order valence-electron chi connectivity index (χ0n) is 20.1. The molecule has 1 N–H and O–H groups in total. The highest BCUT2D eigenvalue weighted by Gasteiger charge is 2.37. The second-order valence-corrected chi connectivity index (χ2v) is 10.7. The first-order chi connectivity index (χ1) is 15.7. The number of carboxylic acid groups (broad SMARTS) is 1. The zero-order valence-corrected chi connectivity index (χ0v) is 20.1. The van der Waals surface area contributed by atoms with Crippen LogP contribution >= 0.6 is 0 Å². The first-order valence-electron chi connectivity index (χ1n) is 12.3. The van der Waals surface area contributed by atoms with Gasteiger partial charge in [0.15, 0.2) is 5.75 Å². The molecule has 33 heavy (non-hydrogen) atoms. The molecule has 1 saturated carbocycles. The van der Waals surface area contributed by atoms with Crippen molar-refractivity contribution in [3.8, 4) is 5.75 Å². The van der Waals surface area contributed by atoms with Crippen molar-refractivity contribution >= 4 is 23.6 Å². The Bertz CT molecular complexity index is 892. The molecule has 0 aromatic carbocycles. The number of nitrogens with zero attached hydrogens (tertiary/aromatic N) is 3. The highest BCUT2D eigenvalue weighted by molar-refractivity contribution is 5.96. The van der Waals surface area contributed by atoms with E-state index in [1.807, 2.05) is 0 Å². The van der Waals surface area contributed by atoms with Crippen molar-refractivity contribution in [3.63, 3.8) is 0 Å². The van der Waals surface area contributed by atoms with Gasteiger partial charge in [0.05, 0.1) is 6.20 Å². The van der Waals surface area contributed by atoms with Crippen LogP contribution in [0.5, 0.6) is 5.75 Å². The van der Waals surface area contributed by atoms with E-state index in [1.54, 1.807) is 15.8 Å². The lowest BCUT2D eigenvalue weighted by atomic mass is 9.80. The van der Waals surface area contributed by atoms with Crippen LogP contribution in [0.4, 0.5) is 10.6 Å². The van der Waals surface area contributed by atoms with Crippen LogP contribution < -0.4 is 9.64 Å². The molecule has 0 bridgehead atoms. The fourth-order valence-corrected chi connectivity index (χ4v) is 5.21. The summed E-state index contributed by atoms with van der Waals surface area (Å²) < 4.78 is 12.4. The molecule has 182 valence electrons. The van der Waals surface area contributed by atoms with Gasteiger partial charge in [0.25, 0.3) is 0 Å². The molecule has 2 aliphatic carbocycles. The van der Waals surface area contributed by atoms with E-state index in [0.717, 1.165) is 50.6 Å². The molecule has 1 aromatic rings. The van der Waals surface area contributed by atoms with Crippen molar-refractivity contribution < 1.29 is 24.2 Å². The number of ether oxygens (including phenoxy) is 2. The van der Waals surface area contributed by atoms with Crippen LogP contribution in [-0.2, 0) is 9.53 Å². The second-order valence-electron chi connectivity index (χ2n) is 10.7. The van der Waals surface area contributed by atoms with Gasteiger partial charge in [-0.25, -0.2) is 9.48 Å². The molecule has 1 amide bonds. The Kier molecular flexibility index (Phi) is 7.12. The number of carbonyl (C=O) groups is 2. The molecule has 8 heteroatoms. The number of hydrogen-bond donors (Lipinski definition) is 1. The van der Waals surface area contributed by atoms with Crippen LogP contribution in [0.2, 0.25) is 0 Å². The maximum absolute atomic E-state index is 13.8. The van der Waals surface area contributed by atoms with Crippen molar-refractivity contribution in [1.29, 1.82) is 0 Å². The van der Waals surface area contributed by atoms with Crippen molar-refractivity contribution in [2.45, 2.75) is 84.6 Å². The summed E-state index contributed by atoms with van der Waals surface area (Å²) in [4.78, 5) is 27.1. The monoisotopic (exact) mass is 459 g/mol. The Hall–Kier alpha value is -2.35. The van der Waals surface area contributed by atoms with Crippen molar-refractivity contribution in [2.24, 2.45) is 17.3 Å². The summed E-state index contributed by atoms with van der Waals surface area (Å²) in [5.41, 5.74) is 1.25. The number of anilines is 1. The molecule has 1 aliphatic heterocycles. The molecule has 2 heterocycles. The van der Waals surface area contributed by atoms with Crippen LogP contribution in [0.1, 0.15) is 78.6 Å². The summed E-state index contributed by atoms with van der Waals surface area (Å²) in [5, 5.41) is 14.2. The molecule has 1 saturated heterocycles. The van der Waals surface area contributed by atoms with Crippen molar-refractivity contribution in [2.75, 3.05) is 18.1 Å². The van der Waals surface area contributed by atoms with E-state index in [4.69, 9.17) is 14.6 Å². The van der Waals surface area contributed by atoms with Crippen LogP contribution in [0.25, 0.3) is 5.70 Å². The Morgan fingerprint density at radius 3 is 2.48 bits per heavy atom. The molecule has 4 rings (SSSR count). The average Bonchev–Trinajstić information content (AvgIpc) is 3.17. The van der Waals surface area contributed by atoms with Crippen LogP contribution in [-0.4, -0.2) is 46.2 Å². The number of rotatable bonds is 5. The maximum atomic E-state index is 13.8. The minimum Gasteiger partial charge on any atom is -0.449 e. The molecule has 3 aliphatic rings. The van der Waals surface area contributed by atoms with Gasteiger partial charge < -0.3 is 14.6 Å². The smallest absolute Gasteiger partial charge is 0.449 e. The van der Waals surface area contributed by atoms with E-state index in [9.17, 15) is 14.7 Å². The molecule has 0 spiro atoms. The van der Waals surface area contributed by atoms with Gasteiger partial charge in [-0.1, -0.05) is 26.8 Å². The molecule has 0 atom stereocenters. The van der Waals surface area contributed by atoms with Gasteiger partial charge in [-0.2, -0.15) is 0 Å². The van der Waals surface area contributed by atoms with Crippen molar-refractivity contribution in [1.82, 2.24) is 9.78 Å². The number of aromatic nitrogens is 2. The summed E-state index contributed by atoms with van der Waals surface area (Å²) in [6.07, 6.45) is 10.3. The summed E-state index contributed by atoms with van der Waals surface area (Å²) in [7, 11) is 0. The lowest BCUT2D eigenvalue weighted by molar-refractivity contribution is -0.124. The minimum atomic E-state index is -1.40. The number of allylic oxidation sites excluding steroid dienone is 2. The molecule has 1 aromatic heterocycles. The predicted molar refractivity (Wildman–Crippen MR) is 125 cm³/mol. The maximum Gasteiger partial charge on any atom is 0.511 e. The predicted octanol–water partition coefficient (Wildman–Crippen LogP) is 5.33. The molecular formula is C25H37N3O5. The Labute approximate surface area is 195 Å². The fraction of sp³-hybridized carbons (Fsp3) is 0.720. The molecule has 0 unspecified atom stereocenters. The minimum absolute atomic E-state index is 0.0352. The molecule has 8 nitrogen and oxygen atoms in total. The summed E-state index contributed by atoms with van der Waals surface area (Å²) in [6, 6.07) is -0.0793. The first-order valence-corrected chi connectivity index (χ1v) is 12.3. The third kappa shape index (κ3) is 5.60. The quantitative estimate of drug-likeness (QED) is 0.598. The lowest BCUT2D eigenvalue weighted by Crippen LogP contribution is -2.47. The van der Waals surface area contributed by atoms with Gasteiger partial charge in [0, 0.05) is 30.9 Å². The van der Waals surface area contributed by atoms with E-state index in [0.29, 0.717) is 37.8 Å². The number of amides is 1. The molecular weight excluding hydrogens is 422 g/mol. The van der Waals surface area contributed by atoms with E-state index in [1.165, 1.54) is 0 Å². The van der Waals surface area contributed by atoms with E-state index >= 15 is 0 Å². The highest BCUT2D eigenvalue weighted by atomic mass is 16.7. The fourth-order valence-electron chi connectivity index (χ4n) is 5.21. The SMILES string of the molecule is CC1(C)CC=C(n2cc(OC(=O)O)c(N(C(=O)[C@H]3CC[C@H](C)CC3)C3CCOCC3)n2)CC1. The van der Waals surface area contributed by atoms with Gasteiger partial charge in [-0.05, 0) is 69.1 Å². The van der Waals surface area contributed by atoms with E-state index in [2.05, 4.69) is 26.8 Å². The van der Waals surface area contributed by atoms with Crippen LogP contribution in [0.15, 0.2) is 12.3 Å². The normalized spacial score (nSPS) is 25.8. The molecule has 2 fully saturated rings. The number of hydrogen-bond acceptors (Lipinski definition) is 5. The summed E-state index contributed by atoms with van der Waals surface area (Å²) in [6.45, 7) is 7.86. The lowest BCUT2D eigenvalue weighted by Gasteiger charge is -2.36. The van der Waals surface area contributed by atoms with Gasteiger partial charge in [-0.3, -0.25) is 9.69 Å². The van der Waals surface area contributed by atoms with Crippen LogP contribution in [0.3, 0.4) is 0 Å². The topological polar surface area (TPSA) is 93.9 Å². The van der Waals surface area contributed by atoms with Crippen LogP contribution in [0, 0.1) is 17.3 Å². The van der Waals surface area contributed by atoms with Gasteiger partial charge in [0.1, 0.15) is 0 Å². The Balaban J connectivity index is 1.70. The third-order valence-electron chi connectivity index (χ3n) is 7.49. The third-order valence-corrected chi connectivity index (χ3v) is 7.49. The average molecular weight is 460 g/mol. The number of carbonyl (C=O) groups excluding carboxylic acids is 1. The van der Waals surface area contributed by atoms with Crippen molar-refractivity contribution in [3.05, 3.63) is 12.3 Å². The largest absolute Gasteiger partial charge is 0.511 e. The zero-order chi connectivity index (χ0) is 23.6. The van der Waals surface area contributed by atoms with E-state index < -0.39 is 6.16 Å². The van der Waals surface area contributed by atoms with Gasteiger partial charge >= 0.3 is 6.16 Å². The highest BCUT2D eigenvalue weighted by Crippen LogP contribution is 2.39. The standard InChI is InChI=1S/C25H37N3O5/c1-17-4-6-18(7-5-17)23(29)28(20-10-14-32-15-11-20)22-21(33-24(30)31)16-27(26-22)19-8-12-25(2,3)13-9-19/h8,16-18,20H,4-7,9-15H2,1-3H3,(H,30,31)/t17-,18-. The summed E-state index contributed by atoms with van der Waals surface area (Å²) in [5.74, 6) is 1.05. The summed E-state index contributed by atoms with van der Waals surface area (Å²) >= 11 is 0. The van der Waals surface area contributed by atoms with Gasteiger partial charge in [0.2, 0.25) is 11.7 Å². The molecule has 0 radical (unpaired) electrons.